The highest BCUT2D eigenvalue weighted by atomic mass is 16.6. The van der Waals surface area contributed by atoms with Crippen LogP contribution in [-0.4, -0.2) is 61.6 Å². The molecule has 0 spiro atoms. The smallest absolute Gasteiger partial charge is 0.429 e. The van der Waals surface area contributed by atoms with E-state index < -0.39 is 42.0 Å². The zero-order valence-electron chi connectivity index (χ0n) is 22.8. The third kappa shape index (κ3) is 5.54. The number of carbonyl (C=O) groups is 4. The van der Waals surface area contributed by atoms with Gasteiger partial charge in [0.1, 0.15) is 0 Å². The number of hydrogen-bond acceptors (Lipinski definition) is 8. The number of rotatable bonds is 8. The number of hydrazine groups is 1. The van der Waals surface area contributed by atoms with Crippen LogP contribution in [0, 0.1) is 35.5 Å². The molecule has 0 unspecified atom stereocenters. The Hall–Kier alpha value is -3.04. The molecule has 0 radical (unpaired) electrons. The topological polar surface area (TPSA) is 120 Å². The van der Waals surface area contributed by atoms with Crippen molar-refractivity contribution in [2.75, 3.05) is 26.4 Å². The van der Waals surface area contributed by atoms with Gasteiger partial charge in [-0.15, -0.1) is 0 Å². The second-order valence-electron chi connectivity index (χ2n) is 10.5. The van der Waals surface area contributed by atoms with Crippen molar-refractivity contribution in [1.29, 1.82) is 0 Å². The summed E-state index contributed by atoms with van der Waals surface area (Å²) in [6.45, 7) is 7.21. The van der Waals surface area contributed by atoms with Crippen molar-refractivity contribution in [2.45, 2.75) is 65.8 Å². The van der Waals surface area contributed by atoms with Gasteiger partial charge < -0.3 is 18.9 Å². The molecule has 4 fully saturated rings. The molecule has 0 heterocycles. The maximum absolute atomic E-state index is 13.2. The molecule has 10 heteroatoms. The van der Waals surface area contributed by atoms with Crippen LogP contribution in [0.1, 0.15) is 59.8 Å². The molecule has 0 aliphatic heterocycles. The number of hydrogen-bond donors (Lipinski definition) is 1. The van der Waals surface area contributed by atoms with Crippen LogP contribution in [0.4, 0.5) is 9.59 Å². The molecule has 5 aliphatic rings. The Bertz CT molecular complexity index is 941. The summed E-state index contributed by atoms with van der Waals surface area (Å²) in [6, 6.07) is -0.748. The Balaban J connectivity index is 1.81. The molecule has 2 amide bonds. The minimum absolute atomic E-state index is 0.106. The fraction of sp³-hybridized carbons (Fsp3) is 0.714. The molecule has 1 N–H and O–H groups in total. The van der Waals surface area contributed by atoms with Crippen LogP contribution < -0.4 is 5.43 Å². The number of ether oxygens (including phenoxy) is 4. The molecule has 4 bridgehead atoms. The minimum atomic E-state index is -1.22. The Morgan fingerprint density at radius 3 is 1.79 bits per heavy atom. The van der Waals surface area contributed by atoms with Crippen molar-refractivity contribution in [2.24, 2.45) is 35.5 Å². The molecule has 10 nitrogen and oxygen atoms in total. The van der Waals surface area contributed by atoms with Crippen LogP contribution >= 0.6 is 0 Å². The van der Waals surface area contributed by atoms with Gasteiger partial charge in [0.25, 0.3) is 0 Å². The van der Waals surface area contributed by atoms with Gasteiger partial charge in [-0.1, -0.05) is 17.7 Å². The van der Waals surface area contributed by atoms with Gasteiger partial charge in [-0.2, -0.15) is 0 Å². The molecule has 38 heavy (non-hydrogen) atoms. The van der Waals surface area contributed by atoms with Crippen LogP contribution in [0.2, 0.25) is 0 Å². The first-order chi connectivity index (χ1) is 18.3. The average molecular weight is 533 g/mol. The summed E-state index contributed by atoms with van der Waals surface area (Å²) in [5, 5.41) is 1.12. The molecule has 2 atom stereocenters. The third-order valence-corrected chi connectivity index (χ3v) is 8.20. The first-order valence-electron chi connectivity index (χ1n) is 14.0. The molecule has 5 rings (SSSR count). The summed E-state index contributed by atoms with van der Waals surface area (Å²) in [5.74, 6) is -1.25. The van der Waals surface area contributed by atoms with Gasteiger partial charge >= 0.3 is 24.1 Å². The lowest BCUT2D eigenvalue weighted by atomic mass is 9.52. The normalized spacial score (nSPS) is 28.9. The van der Waals surface area contributed by atoms with Gasteiger partial charge in [0, 0.05) is 5.92 Å². The number of allylic oxidation sites excluding steroid dienone is 2. The Labute approximate surface area is 224 Å². The minimum Gasteiger partial charge on any atom is -0.465 e. The molecule has 0 aromatic rings. The first kappa shape index (κ1) is 28.0. The molecule has 210 valence electrons. The Kier molecular flexibility index (Phi) is 8.99. The third-order valence-electron chi connectivity index (χ3n) is 8.20. The summed E-state index contributed by atoms with van der Waals surface area (Å²) in [4.78, 5) is 52.0. The van der Waals surface area contributed by atoms with Crippen molar-refractivity contribution in [3.8, 4) is 0 Å². The summed E-state index contributed by atoms with van der Waals surface area (Å²) in [7, 11) is 0. The quantitative estimate of drug-likeness (QED) is 0.163. The maximum atomic E-state index is 13.2. The highest BCUT2D eigenvalue weighted by Gasteiger charge is 2.52. The summed E-state index contributed by atoms with van der Waals surface area (Å²) < 4.78 is 21.0. The molecule has 0 saturated heterocycles. The van der Waals surface area contributed by atoms with Gasteiger partial charge in [0.15, 0.2) is 5.92 Å². The van der Waals surface area contributed by atoms with E-state index in [0.29, 0.717) is 23.7 Å². The van der Waals surface area contributed by atoms with Gasteiger partial charge in [0.2, 0.25) is 0 Å². The number of nitrogens with zero attached hydrogens (tertiary/aromatic N) is 1. The van der Waals surface area contributed by atoms with Crippen LogP contribution in [0.5, 0.6) is 0 Å². The van der Waals surface area contributed by atoms with E-state index in [1.807, 2.05) is 0 Å². The van der Waals surface area contributed by atoms with E-state index >= 15 is 0 Å². The van der Waals surface area contributed by atoms with Crippen molar-refractivity contribution < 1.29 is 38.1 Å². The van der Waals surface area contributed by atoms with Crippen molar-refractivity contribution in [3.63, 3.8) is 0 Å². The monoisotopic (exact) mass is 532 g/mol. The van der Waals surface area contributed by atoms with Gasteiger partial charge in [-0.25, -0.2) is 20.0 Å². The van der Waals surface area contributed by atoms with Gasteiger partial charge in [0.05, 0.1) is 32.5 Å². The zero-order valence-corrected chi connectivity index (χ0v) is 22.8. The molecule has 0 aromatic heterocycles. The van der Waals surface area contributed by atoms with Crippen molar-refractivity contribution >= 4 is 24.1 Å². The lowest BCUT2D eigenvalue weighted by molar-refractivity contribution is -0.163. The van der Waals surface area contributed by atoms with Gasteiger partial charge in [-0.3, -0.25) is 9.59 Å². The maximum Gasteiger partial charge on any atom is 0.429 e. The average Bonchev–Trinajstić information content (AvgIpc) is 3.26. The van der Waals surface area contributed by atoms with Crippen molar-refractivity contribution in [1.82, 2.24) is 10.4 Å². The number of esters is 2. The van der Waals surface area contributed by atoms with E-state index in [1.54, 1.807) is 39.8 Å². The number of amides is 2. The molecular weight excluding hydrogens is 492 g/mol. The summed E-state index contributed by atoms with van der Waals surface area (Å²) >= 11 is 0. The number of carbonyl (C=O) groups excluding carboxylic acids is 4. The SMILES string of the molecule is CCOC(=O)NN(C(=O)OCC)[C@H]1C=C[C@@H](C(C(=O)OCC)C(=O)OCC)C1=C1C2CC3CC(C2)CC1C3. The Morgan fingerprint density at radius 2 is 1.29 bits per heavy atom. The second kappa shape index (κ2) is 12.2. The van der Waals surface area contributed by atoms with E-state index in [4.69, 9.17) is 18.9 Å². The molecule has 4 saturated carbocycles. The van der Waals surface area contributed by atoms with Crippen LogP contribution in [-0.2, 0) is 28.5 Å². The van der Waals surface area contributed by atoms with Crippen LogP contribution in [0.25, 0.3) is 0 Å². The fourth-order valence-corrected chi connectivity index (χ4v) is 7.21. The molecular formula is C28H40N2O8. The van der Waals surface area contributed by atoms with Crippen LogP contribution in [0.15, 0.2) is 23.3 Å². The zero-order chi connectivity index (χ0) is 27.4. The standard InChI is InChI=1S/C28H40N2O8/c1-5-35-25(31)24(26(32)36-6-2)20-9-10-21(30(28(34)38-8-4)29-27(33)37-7-3)23(20)22-18-12-16-11-17(14-18)15-19(22)13-16/h9-10,16-21,24H,5-8,11-15H2,1-4H3,(H,29,33)/t16?,17?,18?,19?,20-,21+/m1/s1. The Morgan fingerprint density at radius 1 is 0.763 bits per heavy atom. The lowest BCUT2D eigenvalue weighted by Crippen LogP contribution is -2.53. The predicted molar refractivity (Wildman–Crippen MR) is 136 cm³/mol. The van der Waals surface area contributed by atoms with E-state index in [2.05, 4.69) is 5.43 Å². The van der Waals surface area contributed by atoms with Crippen molar-refractivity contribution in [3.05, 3.63) is 23.3 Å². The van der Waals surface area contributed by atoms with Gasteiger partial charge in [-0.05, 0) is 89.0 Å². The van der Waals surface area contributed by atoms with E-state index in [0.717, 1.165) is 36.3 Å². The fourth-order valence-electron chi connectivity index (χ4n) is 7.21. The first-order valence-corrected chi connectivity index (χ1v) is 14.0. The highest BCUT2D eigenvalue weighted by molar-refractivity contribution is 5.96. The van der Waals surface area contributed by atoms with E-state index in [-0.39, 0.29) is 26.4 Å². The summed E-state index contributed by atoms with van der Waals surface area (Å²) in [5.41, 5.74) is 4.54. The number of nitrogens with one attached hydrogen (secondary N) is 1. The predicted octanol–water partition coefficient (Wildman–Crippen LogP) is 4.16. The lowest BCUT2D eigenvalue weighted by Gasteiger charge is -2.53. The van der Waals surface area contributed by atoms with E-state index in [1.165, 1.54) is 12.0 Å². The summed E-state index contributed by atoms with van der Waals surface area (Å²) in [6.07, 6.45) is 7.47. The van der Waals surface area contributed by atoms with E-state index in [9.17, 15) is 19.2 Å². The second-order valence-corrected chi connectivity index (χ2v) is 10.5. The molecule has 5 aliphatic carbocycles. The highest BCUT2D eigenvalue weighted by Crippen LogP contribution is 2.59. The largest absolute Gasteiger partial charge is 0.465 e. The van der Waals surface area contributed by atoms with Crippen LogP contribution in [0.3, 0.4) is 0 Å². The molecule has 0 aromatic carbocycles.